The van der Waals surface area contributed by atoms with E-state index in [0.717, 1.165) is 12.1 Å². The number of carbonyl (C=O) groups is 1. The van der Waals surface area contributed by atoms with Gasteiger partial charge in [0, 0.05) is 19.3 Å². The molecule has 2 N–H and O–H groups in total. The van der Waals surface area contributed by atoms with Crippen molar-refractivity contribution in [1.29, 1.82) is 0 Å². The Morgan fingerprint density at radius 1 is 1.08 bits per heavy atom. The molecule has 1 aromatic carbocycles. The molecule has 0 atom stereocenters. The van der Waals surface area contributed by atoms with E-state index in [2.05, 4.69) is 39.5 Å². The highest BCUT2D eigenvalue weighted by atomic mass is 35.5. The Hall–Kier alpha value is -1.78. The summed E-state index contributed by atoms with van der Waals surface area (Å²) in [6.07, 6.45) is 6.95. The number of rotatable bonds is 5. The van der Waals surface area contributed by atoms with Crippen LogP contribution in [0.1, 0.15) is 47.3 Å². The molecule has 2 heterocycles. The second-order valence-electron chi connectivity index (χ2n) is 6.42. The van der Waals surface area contributed by atoms with E-state index in [1.807, 2.05) is 0 Å². The summed E-state index contributed by atoms with van der Waals surface area (Å²) in [6.45, 7) is 3.94. The van der Waals surface area contributed by atoms with Crippen LogP contribution in [0.4, 0.5) is 0 Å². The Labute approximate surface area is 148 Å². The fraction of sp³-hybridized carbons (Fsp3) is 0.421. The smallest absolute Gasteiger partial charge is 0.268 e. The highest BCUT2D eigenvalue weighted by Crippen LogP contribution is 2.14. The van der Waals surface area contributed by atoms with E-state index in [1.165, 1.54) is 44.3 Å². The molecule has 3 rings (SSSR count). The maximum Gasteiger partial charge on any atom is 0.268 e. The van der Waals surface area contributed by atoms with Gasteiger partial charge in [-0.15, -0.1) is 0 Å². The van der Waals surface area contributed by atoms with Crippen molar-refractivity contribution >= 4 is 17.5 Å². The van der Waals surface area contributed by atoms with Crippen LogP contribution in [-0.4, -0.2) is 28.9 Å². The van der Waals surface area contributed by atoms with Gasteiger partial charge in [-0.05, 0) is 43.1 Å². The molecule has 24 heavy (non-hydrogen) atoms. The largest absolute Gasteiger partial charge is 0.356 e. The van der Waals surface area contributed by atoms with Crippen molar-refractivity contribution in [1.82, 2.24) is 15.2 Å². The van der Waals surface area contributed by atoms with Gasteiger partial charge in [-0.25, -0.2) is 0 Å². The molecular weight excluding hydrogens is 322 g/mol. The molecule has 0 saturated carbocycles. The average Bonchev–Trinajstić information content (AvgIpc) is 2.87. The van der Waals surface area contributed by atoms with Crippen LogP contribution in [0.2, 0.25) is 5.02 Å². The zero-order valence-electron chi connectivity index (χ0n) is 13.9. The summed E-state index contributed by atoms with van der Waals surface area (Å²) >= 11 is 5.81. The molecule has 0 radical (unpaired) electrons. The van der Waals surface area contributed by atoms with Crippen molar-refractivity contribution in [2.45, 2.75) is 38.8 Å². The third-order valence-corrected chi connectivity index (χ3v) is 4.69. The minimum atomic E-state index is -0.143. The lowest BCUT2D eigenvalue weighted by atomic mass is 10.1. The van der Waals surface area contributed by atoms with E-state index in [-0.39, 0.29) is 5.91 Å². The number of aromatic nitrogens is 1. The number of nitrogens with one attached hydrogen (secondary N) is 2. The van der Waals surface area contributed by atoms with Gasteiger partial charge in [0.15, 0.2) is 0 Å². The maximum absolute atomic E-state index is 12.0. The number of carbonyl (C=O) groups excluding carboxylic acids is 1. The second kappa shape index (κ2) is 8.36. The van der Waals surface area contributed by atoms with Gasteiger partial charge >= 0.3 is 0 Å². The molecule has 0 bridgehead atoms. The van der Waals surface area contributed by atoms with E-state index >= 15 is 0 Å². The standard InChI is InChI=1S/C19H24ClN3O/c20-17-11-18(21-13-17)19(24)22-12-15-5-7-16(8-6-15)14-23-9-3-1-2-4-10-23/h5-8,11,13,21H,1-4,9-10,12,14H2,(H,22,24). The lowest BCUT2D eigenvalue weighted by Gasteiger charge is -2.19. The number of halogens is 1. The molecule has 5 heteroatoms. The van der Waals surface area contributed by atoms with Gasteiger partial charge in [0.25, 0.3) is 5.91 Å². The van der Waals surface area contributed by atoms with Crippen LogP contribution in [0.3, 0.4) is 0 Å². The van der Waals surface area contributed by atoms with Gasteiger partial charge in [-0.2, -0.15) is 0 Å². The molecule has 0 spiro atoms. The Bertz CT molecular complexity index is 658. The van der Waals surface area contributed by atoms with Crippen LogP contribution in [-0.2, 0) is 13.1 Å². The van der Waals surface area contributed by atoms with Crippen molar-refractivity contribution in [3.05, 3.63) is 58.4 Å². The van der Waals surface area contributed by atoms with Gasteiger partial charge in [-0.1, -0.05) is 48.7 Å². The lowest BCUT2D eigenvalue weighted by Crippen LogP contribution is -2.24. The van der Waals surface area contributed by atoms with E-state index in [0.29, 0.717) is 17.3 Å². The topological polar surface area (TPSA) is 48.1 Å². The van der Waals surface area contributed by atoms with Crippen molar-refractivity contribution in [2.24, 2.45) is 0 Å². The van der Waals surface area contributed by atoms with Gasteiger partial charge in [-0.3, -0.25) is 9.69 Å². The van der Waals surface area contributed by atoms with Crippen molar-refractivity contribution in [2.75, 3.05) is 13.1 Å². The number of nitrogens with zero attached hydrogens (tertiary/aromatic N) is 1. The molecule has 4 nitrogen and oxygen atoms in total. The summed E-state index contributed by atoms with van der Waals surface area (Å²) in [4.78, 5) is 17.4. The van der Waals surface area contributed by atoms with Crippen LogP contribution < -0.4 is 5.32 Å². The average molecular weight is 346 g/mol. The highest BCUT2D eigenvalue weighted by Gasteiger charge is 2.10. The molecule has 1 fully saturated rings. The Balaban J connectivity index is 1.49. The fourth-order valence-corrected chi connectivity index (χ4v) is 3.26. The molecule has 0 unspecified atom stereocenters. The van der Waals surface area contributed by atoms with Crippen molar-refractivity contribution in [3.63, 3.8) is 0 Å². The number of hydrogen-bond acceptors (Lipinski definition) is 2. The van der Waals surface area contributed by atoms with Gasteiger partial charge < -0.3 is 10.3 Å². The number of amides is 1. The van der Waals surface area contributed by atoms with Crippen LogP contribution in [0.5, 0.6) is 0 Å². The number of H-pyrrole nitrogens is 1. The van der Waals surface area contributed by atoms with Crippen LogP contribution in [0.25, 0.3) is 0 Å². The van der Waals surface area contributed by atoms with Crippen molar-refractivity contribution in [3.8, 4) is 0 Å². The summed E-state index contributed by atoms with van der Waals surface area (Å²) in [5.74, 6) is -0.143. The molecule has 0 aliphatic carbocycles. The summed E-state index contributed by atoms with van der Waals surface area (Å²) in [6, 6.07) is 10.1. The normalized spacial score (nSPS) is 15.9. The first-order chi connectivity index (χ1) is 11.7. The van der Waals surface area contributed by atoms with E-state index < -0.39 is 0 Å². The zero-order valence-corrected chi connectivity index (χ0v) is 14.6. The molecule has 1 amide bonds. The van der Waals surface area contributed by atoms with Gasteiger partial charge in [0.1, 0.15) is 5.69 Å². The molecule has 1 aliphatic heterocycles. The minimum absolute atomic E-state index is 0.143. The predicted octanol–water partition coefficient (Wildman–Crippen LogP) is 3.97. The summed E-state index contributed by atoms with van der Waals surface area (Å²) in [5, 5.41) is 3.44. The number of benzene rings is 1. The quantitative estimate of drug-likeness (QED) is 0.861. The molecular formula is C19H24ClN3O. The Morgan fingerprint density at radius 2 is 1.75 bits per heavy atom. The van der Waals surface area contributed by atoms with Crippen molar-refractivity contribution < 1.29 is 4.79 Å². The lowest BCUT2D eigenvalue weighted by molar-refractivity contribution is 0.0946. The zero-order chi connectivity index (χ0) is 16.8. The SMILES string of the molecule is O=C(NCc1ccc(CN2CCCCCC2)cc1)c1cc(Cl)c[nH]1. The highest BCUT2D eigenvalue weighted by molar-refractivity contribution is 6.30. The van der Waals surface area contributed by atoms with Crippen LogP contribution in [0.15, 0.2) is 36.5 Å². The second-order valence-corrected chi connectivity index (χ2v) is 6.86. The summed E-state index contributed by atoms with van der Waals surface area (Å²) in [7, 11) is 0. The monoisotopic (exact) mass is 345 g/mol. The number of hydrogen-bond donors (Lipinski definition) is 2. The molecule has 1 aliphatic rings. The third-order valence-electron chi connectivity index (χ3n) is 4.47. The van der Waals surface area contributed by atoms with Gasteiger partial charge in [0.2, 0.25) is 0 Å². The molecule has 1 aromatic heterocycles. The van der Waals surface area contributed by atoms with E-state index in [4.69, 9.17) is 11.6 Å². The number of aromatic amines is 1. The Kier molecular flexibility index (Phi) is 5.94. The first kappa shape index (κ1) is 17.1. The fourth-order valence-electron chi connectivity index (χ4n) is 3.09. The molecule has 1 saturated heterocycles. The Morgan fingerprint density at radius 3 is 2.38 bits per heavy atom. The molecule has 2 aromatic rings. The number of likely N-dealkylation sites (tertiary alicyclic amines) is 1. The van der Waals surface area contributed by atoms with E-state index in [1.54, 1.807) is 12.3 Å². The van der Waals surface area contributed by atoms with Gasteiger partial charge in [0.05, 0.1) is 5.02 Å². The summed E-state index contributed by atoms with van der Waals surface area (Å²) < 4.78 is 0. The first-order valence-electron chi connectivity index (χ1n) is 8.63. The summed E-state index contributed by atoms with van der Waals surface area (Å²) in [5.41, 5.74) is 2.92. The van der Waals surface area contributed by atoms with E-state index in [9.17, 15) is 4.79 Å². The first-order valence-corrected chi connectivity index (χ1v) is 9.01. The molecule has 128 valence electrons. The predicted molar refractivity (Wildman–Crippen MR) is 97.2 cm³/mol. The van der Waals surface area contributed by atoms with Crippen LogP contribution >= 0.6 is 11.6 Å². The minimum Gasteiger partial charge on any atom is -0.356 e. The third kappa shape index (κ3) is 4.86. The maximum atomic E-state index is 12.0. The van der Waals surface area contributed by atoms with Crippen LogP contribution in [0, 0.1) is 0 Å².